The smallest absolute Gasteiger partial charge is 0.254 e. The highest BCUT2D eigenvalue weighted by Gasteiger charge is 2.29. The zero-order chi connectivity index (χ0) is 18.7. The van der Waals surface area contributed by atoms with E-state index in [1.807, 2.05) is 24.4 Å². The molecule has 1 aromatic heterocycles. The monoisotopic (exact) mass is 390 g/mol. The molecule has 1 fully saturated rings. The first-order chi connectivity index (χ1) is 12.4. The lowest BCUT2D eigenvalue weighted by Gasteiger charge is -2.22. The Bertz CT molecular complexity index is 901. The second-order valence-corrected chi connectivity index (χ2v) is 9.17. The molecule has 138 valence electrons. The van der Waals surface area contributed by atoms with Crippen LogP contribution >= 0.6 is 11.3 Å². The number of aryl methyl sites for hydroxylation is 1. The number of hydrogen-bond donors (Lipinski definition) is 1. The summed E-state index contributed by atoms with van der Waals surface area (Å²) in [7, 11) is -3.60. The van der Waals surface area contributed by atoms with E-state index >= 15 is 0 Å². The van der Waals surface area contributed by atoms with Gasteiger partial charge >= 0.3 is 0 Å². The van der Waals surface area contributed by atoms with Crippen molar-refractivity contribution in [3.05, 3.63) is 64.4 Å². The lowest BCUT2D eigenvalue weighted by molar-refractivity contribution is 0.0763. The molecule has 2 aromatic rings. The van der Waals surface area contributed by atoms with Crippen LogP contribution in [0, 0.1) is 6.92 Å². The lowest BCUT2D eigenvalue weighted by Crippen LogP contribution is -2.31. The third kappa shape index (κ3) is 4.41. The quantitative estimate of drug-likeness (QED) is 0.703. The Morgan fingerprint density at radius 3 is 2.77 bits per heavy atom. The van der Waals surface area contributed by atoms with Gasteiger partial charge in [-0.3, -0.25) is 4.79 Å². The van der Waals surface area contributed by atoms with Crippen LogP contribution in [0.15, 0.2) is 53.3 Å². The third-order valence-corrected chi connectivity index (χ3v) is 6.59. The molecule has 1 heterocycles. The van der Waals surface area contributed by atoms with E-state index in [1.165, 1.54) is 6.07 Å². The topological polar surface area (TPSA) is 66.5 Å². The molecule has 0 radical (unpaired) electrons. The summed E-state index contributed by atoms with van der Waals surface area (Å²) in [6.07, 6.45) is 3.41. The maximum atomic E-state index is 13.1. The average molecular weight is 391 g/mol. The highest BCUT2D eigenvalue weighted by Crippen LogP contribution is 2.24. The van der Waals surface area contributed by atoms with Crippen molar-refractivity contribution < 1.29 is 13.2 Å². The van der Waals surface area contributed by atoms with Gasteiger partial charge in [0.1, 0.15) is 0 Å². The molecule has 1 N–H and O–H groups in total. The molecule has 0 spiro atoms. The first kappa shape index (κ1) is 18.8. The number of rotatable bonds is 8. The fourth-order valence-electron chi connectivity index (χ4n) is 2.62. The van der Waals surface area contributed by atoms with Crippen molar-refractivity contribution in [2.75, 3.05) is 6.54 Å². The SMILES string of the molecule is C=CCN(Cc1cccs1)C(=O)c1cc(S(=O)(=O)NC2CC2)ccc1C. The molecule has 0 aliphatic heterocycles. The standard InChI is InChI=1S/C19H22N2O3S2/c1-3-10-21(13-16-5-4-11-25-16)19(22)18-12-17(9-6-14(18)2)26(23,24)20-15-7-8-15/h3-6,9,11-12,15,20H,1,7-8,10,13H2,2H3. The third-order valence-electron chi connectivity index (χ3n) is 4.21. The Morgan fingerprint density at radius 1 is 1.38 bits per heavy atom. The number of carbonyl (C=O) groups is 1. The van der Waals surface area contributed by atoms with Crippen LogP contribution in [-0.2, 0) is 16.6 Å². The average Bonchev–Trinajstić information content (AvgIpc) is 3.25. The van der Waals surface area contributed by atoms with Gasteiger partial charge in [0.15, 0.2) is 0 Å². The molecule has 0 atom stereocenters. The Labute approximate surface area is 158 Å². The predicted octanol–water partition coefficient (Wildman–Crippen LogP) is 3.33. The van der Waals surface area contributed by atoms with Crippen molar-refractivity contribution in [3.63, 3.8) is 0 Å². The van der Waals surface area contributed by atoms with E-state index < -0.39 is 10.0 Å². The van der Waals surface area contributed by atoms with E-state index in [1.54, 1.807) is 34.4 Å². The fourth-order valence-corrected chi connectivity index (χ4v) is 4.67. The van der Waals surface area contributed by atoms with Crippen LogP contribution in [0.25, 0.3) is 0 Å². The first-order valence-corrected chi connectivity index (χ1v) is 10.8. The summed E-state index contributed by atoms with van der Waals surface area (Å²) in [6.45, 7) is 6.41. The Hall–Kier alpha value is -1.96. The van der Waals surface area contributed by atoms with Gasteiger partial charge in [-0.05, 0) is 48.9 Å². The minimum absolute atomic E-state index is 0.0246. The number of carbonyl (C=O) groups excluding carboxylic acids is 1. The van der Waals surface area contributed by atoms with Gasteiger partial charge in [0.2, 0.25) is 10.0 Å². The van der Waals surface area contributed by atoms with E-state index in [4.69, 9.17) is 0 Å². The van der Waals surface area contributed by atoms with Crippen LogP contribution in [0.2, 0.25) is 0 Å². The summed E-state index contributed by atoms with van der Waals surface area (Å²) < 4.78 is 27.6. The van der Waals surface area contributed by atoms with Crippen LogP contribution in [0.3, 0.4) is 0 Å². The molecule has 0 bridgehead atoms. The summed E-state index contributed by atoms with van der Waals surface area (Å²) in [6, 6.07) is 8.66. The van der Waals surface area contributed by atoms with E-state index in [0.717, 1.165) is 23.3 Å². The van der Waals surface area contributed by atoms with Gasteiger partial charge in [-0.15, -0.1) is 17.9 Å². The van der Waals surface area contributed by atoms with Crippen LogP contribution in [0.4, 0.5) is 0 Å². The number of hydrogen-bond acceptors (Lipinski definition) is 4. The zero-order valence-electron chi connectivity index (χ0n) is 14.6. The Balaban J connectivity index is 1.88. The minimum Gasteiger partial charge on any atom is -0.330 e. The summed E-state index contributed by atoms with van der Waals surface area (Å²) in [5.74, 6) is -0.195. The van der Waals surface area contributed by atoms with Crippen molar-refractivity contribution in [2.45, 2.75) is 37.2 Å². The summed E-state index contributed by atoms with van der Waals surface area (Å²) in [5.41, 5.74) is 1.16. The highest BCUT2D eigenvalue weighted by atomic mass is 32.2. The molecular weight excluding hydrogens is 368 g/mol. The van der Waals surface area contributed by atoms with Gasteiger partial charge < -0.3 is 4.90 Å². The second kappa shape index (κ2) is 7.73. The number of nitrogens with zero attached hydrogens (tertiary/aromatic N) is 1. The molecule has 0 saturated heterocycles. The second-order valence-electron chi connectivity index (χ2n) is 6.43. The zero-order valence-corrected chi connectivity index (χ0v) is 16.3. The fraction of sp³-hybridized carbons (Fsp3) is 0.316. The van der Waals surface area contributed by atoms with Crippen LogP contribution in [0.5, 0.6) is 0 Å². The Kier molecular flexibility index (Phi) is 5.60. The van der Waals surface area contributed by atoms with Crippen LogP contribution < -0.4 is 4.72 Å². The summed E-state index contributed by atoms with van der Waals surface area (Å²) in [4.78, 5) is 15.9. The van der Waals surface area contributed by atoms with Crippen molar-refractivity contribution in [1.29, 1.82) is 0 Å². The number of benzene rings is 1. The maximum Gasteiger partial charge on any atom is 0.254 e. The van der Waals surface area contributed by atoms with Gasteiger partial charge in [0.05, 0.1) is 11.4 Å². The maximum absolute atomic E-state index is 13.1. The van der Waals surface area contributed by atoms with E-state index in [-0.39, 0.29) is 16.8 Å². The molecule has 1 aliphatic carbocycles. The van der Waals surface area contributed by atoms with Gasteiger partial charge in [0, 0.05) is 23.0 Å². The van der Waals surface area contributed by atoms with Crippen LogP contribution in [0.1, 0.15) is 33.6 Å². The first-order valence-electron chi connectivity index (χ1n) is 8.46. The number of sulfonamides is 1. The van der Waals surface area contributed by atoms with Crippen molar-refractivity contribution in [1.82, 2.24) is 9.62 Å². The molecule has 1 amide bonds. The summed E-state index contributed by atoms with van der Waals surface area (Å²) in [5, 5.41) is 1.97. The van der Waals surface area contributed by atoms with Crippen LogP contribution in [-0.4, -0.2) is 31.8 Å². The molecule has 1 saturated carbocycles. The van der Waals surface area contributed by atoms with Crippen molar-refractivity contribution in [3.8, 4) is 0 Å². The molecule has 3 rings (SSSR count). The molecule has 7 heteroatoms. The minimum atomic E-state index is -3.60. The number of thiophene rings is 1. The number of nitrogens with one attached hydrogen (secondary N) is 1. The Morgan fingerprint density at radius 2 is 2.15 bits per heavy atom. The van der Waals surface area contributed by atoms with Gasteiger partial charge in [-0.2, -0.15) is 0 Å². The lowest BCUT2D eigenvalue weighted by atomic mass is 10.1. The molecule has 1 aromatic carbocycles. The van der Waals surface area contributed by atoms with Crippen molar-refractivity contribution >= 4 is 27.3 Å². The largest absolute Gasteiger partial charge is 0.330 e. The van der Waals surface area contributed by atoms with Crippen molar-refractivity contribution in [2.24, 2.45) is 0 Å². The molecule has 26 heavy (non-hydrogen) atoms. The molecule has 1 aliphatic rings. The highest BCUT2D eigenvalue weighted by molar-refractivity contribution is 7.89. The van der Waals surface area contributed by atoms with E-state index in [2.05, 4.69) is 11.3 Å². The van der Waals surface area contributed by atoms with Gasteiger partial charge in [-0.1, -0.05) is 18.2 Å². The van der Waals surface area contributed by atoms with Gasteiger partial charge in [0.25, 0.3) is 5.91 Å². The summed E-state index contributed by atoms with van der Waals surface area (Å²) >= 11 is 1.58. The molecular formula is C19H22N2O3S2. The van der Waals surface area contributed by atoms with E-state index in [0.29, 0.717) is 18.7 Å². The predicted molar refractivity (Wildman–Crippen MR) is 104 cm³/mol. The van der Waals surface area contributed by atoms with Gasteiger partial charge in [-0.25, -0.2) is 13.1 Å². The molecule has 0 unspecified atom stereocenters. The van der Waals surface area contributed by atoms with E-state index in [9.17, 15) is 13.2 Å². The normalized spacial score (nSPS) is 14.2. The molecule has 5 nitrogen and oxygen atoms in total. The number of amides is 1.